The van der Waals surface area contributed by atoms with Gasteiger partial charge in [-0.2, -0.15) is 4.98 Å². The monoisotopic (exact) mass is 238 g/mol. The molecule has 0 bridgehead atoms. The Morgan fingerprint density at radius 2 is 2.06 bits per heavy atom. The Kier molecular flexibility index (Phi) is 4.12. The highest BCUT2D eigenvalue weighted by atomic mass is 16.5. The van der Waals surface area contributed by atoms with Crippen LogP contribution in [-0.4, -0.2) is 41.2 Å². The van der Waals surface area contributed by atoms with Crippen molar-refractivity contribution in [3.8, 4) is 0 Å². The number of hydrogen-bond acceptors (Lipinski definition) is 5. The van der Waals surface area contributed by atoms with Crippen molar-refractivity contribution < 1.29 is 4.52 Å². The highest BCUT2D eigenvalue weighted by molar-refractivity contribution is 4.87. The molecule has 0 unspecified atom stereocenters. The molecular formula is C12H22N4O. The van der Waals surface area contributed by atoms with Crippen molar-refractivity contribution in [3.05, 3.63) is 11.7 Å². The van der Waals surface area contributed by atoms with Crippen LogP contribution in [0.2, 0.25) is 0 Å². The van der Waals surface area contributed by atoms with Crippen molar-refractivity contribution in [1.82, 2.24) is 20.4 Å². The Morgan fingerprint density at radius 1 is 1.35 bits per heavy atom. The van der Waals surface area contributed by atoms with Gasteiger partial charge >= 0.3 is 0 Å². The summed E-state index contributed by atoms with van der Waals surface area (Å²) in [6.45, 7) is 2.61. The van der Waals surface area contributed by atoms with Crippen LogP contribution in [0, 0.1) is 6.92 Å². The largest absolute Gasteiger partial charge is 0.340 e. The minimum Gasteiger partial charge on any atom is -0.340 e. The van der Waals surface area contributed by atoms with Crippen molar-refractivity contribution in [2.24, 2.45) is 0 Å². The van der Waals surface area contributed by atoms with Gasteiger partial charge in [0.1, 0.15) is 0 Å². The molecule has 1 fully saturated rings. The number of hydrogen-bond donors (Lipinski definition) is 1. The highest BCUT2D eigenvalue weighted by Crippen LogP contribution is 2.22. The van der Waals surface area contributed by atoms with E-state index in [2.05, 4.69) is 34.5 Å². The molecule has 0 aromatic carbocycles. The Balaban J connectivity index is 1.82. The van der Waals surface area contributed by atoms with Gasteiger partial charge in [-0.15, -0.1) is 0 Å². The second-order valence-electron chi connectivity index (χ2n) is 4.94. The fraction of sp³-hybridized carbons (Fsp3) is 0.833. The summed E-state index contributed by atoms with van der Waals surface area (Å²) >= 11 is 0. The molecule has 2 rings (SSSR count). The van der Waals surface area contributed by atoms with E-state index in [1.54, 1.807) is 0 Å². The first-order valence-electron chi connectivity index (χ1n) is 6.35. The zero-order valence-electron chi connectivity index (χ0n) is 10.9. The molecule has 17 heavy (non-hydrogen) atoms. The van der Waals surface area contributed by atoms with Gasteiger partial charge in [-0.3, -0.25) is 4.90 Å². The van der Waals surface area contributed by atoms with E-state index in [9.17, 15) is 0 Å². The summed E-state index contributed by atoms with van der Waals surface area (Å²) in [6, 6.07) is 1.35. The maximum absolute atomic E-state index is 4.99. The first kappa shape index (κ1) is 12.5. The number of aromatic nitrogens is 2. The molecule has 1 aromatic heterocycles. The van der Waals surface area contributed by atoms with E-state index < -0.39 is 0 Å². The highest BCUT2D eigenvalue weighted by Gasteiger charge is 2.23. The third kappa shape index (κ3) is 3.26. The summed E-state index contributed by atoms with van der Waals surface area (Å²) in [6.07, 6.45) is 5.02. The van der Waals surface area contributed by atoms with Gasteiger partial charge in [0, 0.05) is 19.0 Å². The first-order valence-corrected chi connectivity index (χ1v) is 6.35. The maximum atomic E-state index is 4.99. The van der Waals surface area contributed by atoms with Crippen molar-refractivity contribution in [2.45, 2.75) is 51.2 Å². The molecule has 1 saturated carbocycles. The molecule has 0 radical (unpaired) electrons. The van der Waals surface area contributed by atoms with Gasteiger partial charge in [0.05, 0.1) is 6.54 Å². The molecule has 5 nitrogen and oxygen atoms in total. The van der Waals surface area contributed by atoms with Crippen molar-refractivity contribution >= 4 is 0 Å². The van der Waals surface area contributed by atoms with Crippen molar-refractivity contribution in [1.29, 1.82) is 0 Å². The molecule has 1 aromatic rings. The summed E-state index contributed by atoms with van der Waals surface area (Å²) in [7, 11) is 4.20. The van der Waals surface area contributed by atoms with E-state index in [-0.39, 0.29) is 0 Å². The zero-order valence-corrected chi connectivity index (χ0v) is 10.9. The van der Waals surface area contributed by atoms with E-state index >= 15 is 0 Å². The van der Waals surface area contributed by atoms with Crippen LogP contribution in [0.15, 0.2) is 4.52 Å². The van der Waals surface area contributed by atoms with E-state index in [1.165, 1.54) is 25.7 Å². The molecule has 1 aliphatic rings. The molecule has 5 heteroatoms. The lowest BCUT2D eigenvalue weighted by Gasteiger charge is -2.33. The van der Waals surface area contributed by atoms with E-state index in [0.29, 0.717) is 18.0 Å². The van der Waals surface area contributed by atoms with Gasteiger partial charge in [-0.25, -0.2) is 0 Å². The summed E-state index contributed by atoms with van der Waals surface area (Å²) in [4.78, 5) is 6.59. The standard InChI is InChI=1S/C12H22N4O/c1-9-14-12(15-17-9)8-16(3)11-6-4-10(13-2)5-7-11/h10-11,13H,4-8H2,1-3H3. The normalized spacial score (nSPS) is 25.4. The second kappa shape index (κ2) is 5.60. The number of rotatable bonds is 4. The average Bonchev–Trinajstić information content (AvgIpc) is 2.75. The molecule has 0 amide bonds. The number of nitrogens with one attached hydrogen (secondary N) is 1. The van der Waals surface area contributed by atoms with Gasteiger partial charge in [0.15, 0.2) is 5.82 Å². The predicted molar refractivity (Wildman–Crippen MR) is 65.6 cm³/mol. The lowest BCUT2D eigenvalue weighted by atomic mass is 9.90. The van der Waals surface area contributed by atoms with Gasteiger partial charge in [-0.1, -0.05) is 5.16 Å². The fourth-order valence-corrected chi connectivity index (χ4v) is 2.56. The van der Waals surface area contributed by atoms with Crippen LogP contribution >= 0.6 is 0 Å². The van der Waals surface area contributed by atoms with Gasteiger partial charge in [-0.05, 0) is 39.8 Å². The Hall–Kier alpha value is -0.940. The summed E-state index contributed by atoms with van der Waals surface area (Å²) in [5, 5.41) is 7.30. The molecule has 1 aliphatic carbocycles. The Morgan fingerprint density at radius 3 is 2.59 bits per heavy atom. The van der Waals surface area contributed by atoms with Crippen molar-refractivity contribution in [2.75, 3.05) is 14.1 Å². The van der Waals surface area contributed by atoms with Crippen LogP contribution in [0.25, 0.3) is 0 Å². The van der Waals surface area contributed by atoms with Crippen LogP contribution in [0.1, 0.15) is 37.4 Å². The topological polar surface area (TPSA) is 54.2 Å². The Bertz CT molecular complexity index is 344. The molecule has 0 spiro atoms. The van der Waals surface area contributed by atoms with Crippen LogP contribution in [-0.2, 0) is 6.54 Å². The quantitative estimate of drug-likeness (QED) is 0.858. The van der Waals surface area contributed by atoms with Crippen LogP contribution in [0.4, 0.5) is 0 Å². The lowest BCUT2D eigenvalue weighted by Crippen LogP contribution is -2.39. The van der Waals surface area contributed by atoms with Crippen LogP contribution in [0.5, 0.6) is 0 Å². The SMILES string of the molecule is CNC1CCC(N(C)Cc2noc(C)n2)CC1. The molecule has 1 N–H and O–H groups in total. The van der Waals surface area contributed by atoms with Gasteiger partial charge < -0.3 is 9.84 Å². The van der Waals surface area contributed by atoms with Crippen LogP contribution < -0.4 is 5.32 Å². The molecule has 96 valence electrons. The third-order valence-corrected chi connectivity index (χ3v) is 3.69. The van der Waals surface area contributed by atoms with E-state index in [0.717, 1.165) is 12.4 Å². The number of nitrogens with zero attached hydrogens (tertiary/aromatic N) is 3. The lowest BCUT2D eigenvalue weighted by molar-refractivity contribution is 0.165. The predicted octanol–water partition coefficient (Wildman–Crippen LogP) is 1.34. The van der Waals surface area contributed by atoms with E-state index in [4.69, 9.17) is 4.52 Å². The Labute approximate surface area is 103 Å². The smallest absolute Gasteiger partial charge is 0.223 e. The first-order chi connectivity index (χ1) is 8.19. The molecule has 1 heterocycles. The molecule has 0 saturated heterocycles. The van der Waals surface area contributed by atoms with Gasteiger partial charge in [0.2, 0.25) is 5.89 Å². The summed E-state index contributed by atoms with van der Waals surface area (Å²) < 4.78 is 4.99. The van der Waals surface area contributed by atoms with Gasteiger partial charge in [0.25, 0.3) is 0 Å². The average molecular weight is 238 g/mol. The van der Waals surface area contributed by atoms with E-state index in [1.807, 2.05) is 6.92 Å². The molecule has 0 aliphatic heterocycles. The molecule has 0 atom stereocenters. The maximum Gasteiger partial charge on any atom is 0.223 e. The third-order valence-electron chi connectivity index (χ3n) is 3.69. The minimum atomic E-state index is 0.646. The zero-order chi connectivity index (χ0) is 12.3. The number of aryl methyl sites for hydroxylation is 1. The summed E-state index contributed by atoms with van der Waals surface area (Å²) in [5.41, 5.74) is 0. The fourth-order valence-electron chi connectivity index (χ4n) is 2.56. The molecular weight excluding hydrogens is 216 g/mol. The van der Waals surface area contributed by atoms with Crippen molar-refractivity contribution in [3.63, 3.8) is 0 Å². The minimum absolute atomic E-state index is 0.646. The second-order valence-corrected chi connectivity index (χ2v) is 4.94. The summed E-state index contributed by atoms with van der Waals surface area (Å²) in [5.74, 6) is 1.44. The van der Waals surface area contributed by atoms with Crippen LogP contribution in [0.3, 0.4) is 0 Å².